The highest BCUT2D eigenvalue weighted by Gasteiger charge is 2.04. The number of aromatic hydroxyl groups is 1. The van der Waals surface area contributed by atoms with E-state index in [9.17, 15) is 5.11 Å². The number of hydrogen-bond donors (Lipinski definition) is 2. The monoisotopic (exact) mass is 261 g/mol. The predicted octanol–water partition coefficient (Wildman–Crippen LogP) is 3.64. The molecule has 0 fully saturated rings. The van der Waals surface area contributed by atoms with Crippen LogP contribution in [0.1, 0.15) is 16.7 Å². The normalized spacial score (nSPS) is 10.6. The van der Waals surface area contributed by atoms with Crippen LogP contribution in [-0.2, 0) is 13.1 Å². The fourth-order valence-corrected chi connectivity index (χ4v) is 2.06. The summed E-state index contributed by atoms with van der Waals surface area (Å²) in [6, 6.07) is 13.7. The first-order valence-corrected chi connectivity index (χ1v) is 6.27. The Labute approximate surface area is 112 Å². The third kappa shape index (κ3) is 3.25. The third-order valence-electron chi connectivity index (χ3n) is 2.80. The van der Waals surface area contributed by atoms with E-state index in [0.717, 1.165) is 12.1 Å². The number of hydrogen-bond acceptors (Lipinski definition) is 2. The van der Waals surface area contributed by atoms with Gasteiger partial charge in [-0.3, -0.25) is 0 Å². The minimum absolute atomic E-state index is 0.163. The van der Waals surface area contributed by atoms with Gasteiger partial charge < -0.3 is 10.4 Å². The molecule has 0 saturated carbocycles. The Morgan fingerprint density at radius 1 is 1.11 bits per heavy atom. The summed E-state index contributed by atoms with van der Waals surface area (Å²) in [5, 5.41) is 13.5. The van der Waals surface area contributed by atoms with E-state index < -0.39 is 0 Å². The first-order valence-electron chi connectivity index (χ1n) is 5.89. The van der Waals surface area contributed by atoms with Crippen molar-refractivity contribution in [2.75, 3.05) is 0 Å². The van der Waals surface area contributed by atoms with Crippen LogP contribution in [0.15, 0.2) is 42.5 Å². The lowest BCUT2D eigenvalue weighted by Crippen LogP contribution is -2.12. The van der Waals surface area contributed by atoms with Crippen molar-refractivity contribution in [1.82, 2.24) is 5.32 Å². The topological polar surface area (TPSA) is 32.3 Å². The summed E-state index contributed by atoms with van der Waals surface area (Å²) in [6.07, 6.45) is 0. The van der Waals surface area contributed by atoms with E-state index in [1.165, 1.54) is 11.1 Å². The number of para-hydroxylation sites is 1. The molecule has 18 heavy (non-hydrogen) atoms. The molecule has 0 aliphatic heterocycles. The molecular weight excluding hydrogens is 246 g/mol. The molecule has 0 saturated heterocycles. The highest BCUT2D eigenvalue weighted by Crippen LogP contribution is 2.26. The van der Waals surface area contributed by atoms with Gasteiger partial charge in [-0.05, 0) is 18.6 Å². The van der Waals surface area contributed by atoms with Crippen LogP contribution in [0.2, 0.25) is 5.02 Å². The van der Waals surface area contributed by atoms with Crippen LogP contribution in [0.5, 0.6) is 5.75 Å². The lowest BCUT2D eigenvalue weighted by molar-refractivity contribution is 0.464. The maximum Gasteiger partial charge on any atom is 0.138 e. The molecule has 0 heterocycles. The van der Waals surface area contributed by atoms with Crippen molar-refractivity contribution in [1.29, 1.82) is 0 Å². The van der Waals surface area contributed by atoms with Crippen LogP contribution >= 0.6 is 11.6 Å². The van der Waals surface area contributed by atoms with Crippen molar-refractivity contribution in [3.8, 4) is 5.75 Å². The molecule has 94 valence electrons. The minimum atomic E-state index is 0.163. The van der Waals surface area contributed by atoms with Crippen LogP contribution in [0, 0.1) is 6.92 Å². The van der Waals surface area contributed by atoms with Gasteiger partial charge in [0.15, 0.2) is 0 Å². The third-order valence-corrected chi connectivity index (χ3v) is 3.10. The summed E-state index contributed by atoms with van der Waals surface area (Å²) < 4.78 is 0. The molecular formula is C15H16ClNO. The standard InChI is InChI=1S/C15H16ClNO/c1-11-4-2-5-12(8-11)9-17-10-13-6-3-7-14(16)15(13)18/h2-8,17-18H,9-10H2,1H3. The summed E-state index contributed by atoms with van der Waals surface area (Å²) in [4.78, 5) is 0. The molecule has 2 aromatic carbocycles. The van der Waals surface area contributed by atoms with E-state index in [-0.39, 0.29) is 5.75 Å². The van der Waals surface area contributed by atoms with Crippen LogP contribution in [0.3, 0.4) is 0 Å². The maximum absolute atomic E-state index is 9.77. The van der Waals surface area contributed by atoms with Gasteiger partial charge in [0.2, 0.25) is 0 Å². The number of nitrogens with one attached hydrogen (secondary N) is 1. The number of aryl methyl sites for hydroxylation is 1. The number of phenolic OH excluding ortho intramolecular Hbond substituents is 1. The average Bonchev–Trinajstić information content (AvgIpc) is 2.35. The van der Waals surface area contributed by atoms with E-state index >= 15 is 0 Å². The summed E-state index contributed by atoms with van der Waals surface area (Å²) in [7, 11) is 0. The maximum atomic E-state index is 9.77. The first kappa shape index (κ1) is 12.9. The van der Waals surface area contributed by atoms with Crippen LogP contribution < -0.4 is 5.32 Å². The molecule has 2 aromatic rings. The van der Waals surface area contributed by atoms with Crippen molar-refractivity contribution in [2.45, 2.75) is 20.0 Å². The second kappa shape index (κ2) is 5.89. The second-order valence-electron chi connectivity index (χ2n) is 4.34. The van der Waals surface area contributed by atoms with Crippen LogP contribution in [0.25, 0.3) is 0 Å². The van der Waals surface area contributed by atoms with Gasteiger partial charge in [0, 0.05) is 18.7 Å². The van der Waals surface area contributed by atoms with Gasteiger partial charge in [0.25, 0.3) is 0 Å². The molecule has 0 atom stereocenters. The van der Waals surface area contributed by atoms with Crippen molar-refractivity contribution < 1.29 is 5.11 Å². The van der Waals surface area contributed by atoms with Crippen molar-refractivity contribution in [3.63, 3.8) is 0 Å². The Morgan fingerprint density at radius 2 is 1.89 bits per heavy atom. The molecule has 0 spiro atoms. The van der Waals surface area contributed by atoms with E-state index in [4.69, 9.17) is 11.6 Å². The highest BCUT2D eigenvalue weighted by atomic mass is 35.5. The van der Waals surface area contributed by atoms with E-state index in [0.29, 0.717) is 11.6 Å². The summed E-state index contributed by atoms with van der Waals surface area (Å²) in [5.41, 5.74) is 3.30. The number of halogens is 1. The number of rotatable bonds is 4. The van der Waals surface area contributed by atoms with Crippen molar-refractivity contribution in [2.24, 2.45) is 0 Å². The summed E-state index contributed by atoms with van der Waals surface area (Å²) in [5.74, 6) is 0.163. The van der Waals surface area contributed by atoms with Gasteiger partial charge >= 0.3 is 0 Å². The zero-order valence-corrected chi connectivity index (χ0v) is 11.0. The first-order chi connectivity index (χ1) is 8.66. The Kier molecular flexibility index (Phi) is 4.24. The van der Waals surface area contributed by atoms with Crippen LogP contribution in [-0.4, -0.2) is 5.11 Å². The predicted molar refractivity (Wildman–Crippen MR) is 74.8 cm³/mol. The smallest absolute Gasteiger partial charge is 0.138 e. The molecule has 3 heteroatoms. The molecule has 0 aliphatic carbocycles. The van der Waals surface area contributed by atoms with Crippen LogP contribution in [0.4, 0.5) is 0 Å². The Bertz CT molecular complexity index is 540. The van der Waals surface area contributed by atoms with Gasteiger partial charge in [-0.2, -0.15) is 0 Å². The molecule has 0 radical (unpaired) electrons. The van der Waals surface area contributed by atoms with E-state index in [1.54, 1.807) is 6.07 Å². The zero-order valence-electron chi connectivity index (χ0n) is 10.3. The lowest BCUT2D eigenvalue weighted by atomic mass is 10.1. The number of benzene rings is 2. The SMILES string of the molecule is Cc1cccc(CNCc2cccc(Cl)c2O)c1. The molecule has 2 N–H and O–H groups in total. The molecule has 2 rings (SSSR count). The molecule has 0 bridgehead atoms. The van der Waals surface area contributed by atoms with Crippen molar-refractivity contribution in [3.05, 3.63) is 64.2 Å². The molecule has 0 aromatic heterocycles. The Hall–Kier alpha value is -1.51. The summed E-state index contributed by atoms with van der Waals surface area (Å²) in [6.45, 7) is 3.44. The Morgan fingerprint density at radius 3 is 2.67 bits per heavy atom. The Balaban J connectivity index is 1.94. The largest absolute Gasteiger partial charge is 0.506 e. The molecule has 0 amide bonds. The fraction of sp³-hybridized carbons (Fsp3) is 0.200. The zero-order chi connectivity index (χ0) is 13.0. The quantitative estimate of drug-likeness (QED) is 0.881. The van der Waals surface area contributed by atoms with E-state index in [2.05, 4.69) is 30.4 Å². The average molecular weight is 262 g/mol. The summed E-state index contributed by atoms with van der Waals surface area (Å²) >= 11 is 5.85. The fourth-order valence-electron chi connectivity index (χ4n) is 1.87. The van der Waals surface area contributed by atoms with E-state index in [1.807, 2.05) is 18.2 Å². The van der Waals surface area contributed by atoms with Gasteiger partial charge in [0.05, 0.1) is 5.02 Å². The lowest BCUT2D eigenvalue weighted by Gasteiger charge is -2.08. The van der Waals surface area contributed by atoms with Gasteiger partial charge in [-0.1, -0.05) is 53.6 Å². The highest BCUT2D eigenvalue weighted by molar-refractivity contribution is 6.32. The second-order valence-corrected chi connectivity index (χ2v) is 4.75. The molecule has 0 unspecified atom stereocenters. The van der Waals surface area contributed by atoms with Crippen molar-refractivity contribution >= 4 is 11.6 Å². The molecule has 2 nitrogen and oxygen atoms in total. The minimum Gasteiger partial charge on any atom is -0.506 e. The molecule has 0 aliphatic rings. The number of phenols is 1. The van der Waals surface area contributed by atoms with Gasteiger partial charge in [0.1, 0.15) is 5.75 Å². The van der Waals surface area contributed by atoms with Gasteiger partial charge in [-0.15, -0.1) is 0 Å². The van der Waals surface area contributed by atoms with Gasteiger partial charge in [-0.25, -0.2) is 0 Å².